The minimum absolute atomic E-state index is 0.148. The highest BCUT2D eigenvalue weighted by molar-refractivity contribution is 7.99. The van der Waals surface area contributed by atoms with Crippen LogP contribution in [0.15, 0.2) is 0 Å². The van der Waals surface area contributed by atoms with Gasteiger partial charge in [0.2, 0.25) is 0 Å². The first-order chi connectivity index (χ1) is 8.48. The number of rotatable bonds is 5. The summed E-state index contributed by atoms with van der Waals surface area (Å²) in [5.41, 5.74) is -0.890. The summed E-state index contributed by atoms with van der Waals surface area (Å²) in [5, 5.41) is 10.2. The summed E-state index contributed by atoms with van der Waals surface area (Å²) in [6.07, 6.45) is 5.15. The Labute approximate surface area is 115 Å². The van der Waals surface area contributed by atoms with Crippen LogP contribution >= 0.6 is 11.8 Å². The molecule has 0 aromatic heterocycles. The highest BCUT2D eigenvalue weighted by Crippen LogP contribution is 2.46. The fraction of sp³-hybridized carbons (Fsp3) is 1.00. The van der Waals surface area contributed by atoms with Crippen LogP contribution < -0.4 is 0 Å². The van der Waals surface area contributed by atoms with E-state index in [-0.39, 0.29) is 11.7 Å². The first kappa shape index (κ1) is 14.6. The third kappa shape index (κ3) is 3.03. The lowest BCUT2D eigenvalue weighted by Crippen LogP contribution is -2.57. The van der Waals surface area contributed by atoms with Crippen molar-refractivity contribution in [2.75, 3.05) is 11.5 Å². The molecule has 2 aliphatic rings. The summed E-state index contributed by atoms with van der Waals surface area (Å²) >= 11 is 1.96. The Morgan fingerprint density at radius 2 is 2.17 bits per heavy atom. The van der Waals surface area contributed by atoms with E-state index in [4.69, 9.17) is 9.78 Å². The number of hydrogen-bond acceptors (Lipinski definition) is 4. The summed E-state index contributed by atoms with van der Waals surface area (Å²) in [5.74, 6) is 2.71. The topological polar surface area (TPSA) is 38.7 Å². The Balaban J connectivity index is 1.88. The predicted molar refractivity (Wildman–Crippen MR) is 74.6 cm³/mol. The Bertz CT molecular complexity index is 282. The first-order valence-corrected chi connectivity index (χ1v) is 8.28. The summed E-state index contributed by atoms with van der Waals surface area (Å²) in [4.78, 5) is 11.1. The Morgan fingerprint density at radius 3 is 2.89 bits per heavy atom. The van der Waals surface area contributed by atoms with Crippen molar-refractivity contribution in [1.82, 2.24) is 0 Å². The highest BCUT2D eigenvalue weighted by atomic mass is 32.2. The Hall–Kier alpha value is 0.230. The van der Waals surface area contributed by atoms with Crippen molar-refractivity contribution in [2.45, 2.75) is 70.2 Å². The van der Waals surface area contributed by atoms with Gasteiger partial charge in [-0.25, -0.2) is 9.78 Å². The molecule has 106 valence electrons. The number of hydrogen-bond donors (Lipinski definition) is 1. The highest BCUT2D eigenvalue weighted by Gasteiger charge is 2.51. The van der Waals surface area contributed by atoms with Crippen molar-refractivity contribution in [3.8, 4) is 0 Å². The molecule has 0 radical (unpaired) electrons. The van der Waals surface area contributed by atoms with Crippen molar-refractivity contribution in [1.29, 1.82) is 0 Å². The number of unbranched alkanes of at least 4 members (excludes halogenated alkanes) is 1. The molecule has 0 spiro atoms. The van der Waals surface area contributed by atoms with Gasteiger partial charge in [0, 0.05) is 5.75 Å². The van der Waals surface area contributed by atoms with Gasteiger partial charge >= 0.3 is 0 Å². The largest absolute Gasteiger partial charge is 0.387 e. The monoisotopic (exact) mass is 274 g/mol. The van der Waals surface area contributed by atoms with E-state index < -0.39 is 5.60 Å². The fourth-order valence-electron chi connectivity index (χ4n) is 2.85. The minimum atomic E-state index is -0.715. The lowest BCUT2D eigenvalue weighted by atomic mass is 9.71. The quantitative estimate of drug-likeness (QED) is 0.617. The zero-order valence-electron chi connectivity index (χ0n) is 11.8. The molecule has 1 aliphatic heterocycles. The van der Waals surface area contributed by atoms with Crippen LogP contribution in [0.25, 0.3) is 0 Å². The maximum Gasteiger partial charge on any atom is 0.122 e. The second-order valence-corrected chi connectivity index (χ2v) is 7.32. The van der Waals surface area contributed by atoms with Gasteiger partial charge in [0.25, 0.3) is 0 Å². The molecule has 2 fully saturated rings. The molecule has 1 aliphatic carbocycles. The van der Waals surface area contributed by atoms with Crippen LogP contribution in [0.5, 0.6) is 0 Å². The van der Waals surface area contributed by atoms with Crippen molar-refractivity contribution < 1.29 is 14.9 Å². The summed E-state index contributed by atoms with van der Waals surface area (Å²) in [6.45, 7) is 6.24. The van der Waals surface area contributed by atoms with Crippen LogP contribution in [0.3, 0.4) is 0 Å². The van der Waals surface area contributed by atoms with Gasteiger partial charge < -0.3 is 5.11 Å². The molecular weight excluding hydrogens is 248 g/mol. The molecular formula is C14H26O3S. The molecule has 4 heteroatoms. The zero-order valence-corrected chi connectivity index (χ0v) is 12.6. The second-order valence-electron chi connectivity index (χ2n) is 6.22. The first-order valence-electron chi connectivity index (χ1n) is 7.12. The van der Waals surface area contributed by atoms with Crippen molar-refractivity contribution in [2.24, 2.45) is 5.92 Å². The predicted octanol–water partition coefficient (Wildman–Crippen LogP) is 3.16. The van der Waals surface area contributed by atoms with Gasteiger partial charge in [0.1, 0.15) is 11.7 Å². The Kier molecular flexibility index (Phi) is 4.63. The van der Waals surface area contributed by atoms with E-state index in [0.717, 1.165) is 25.0 Å². The smallest absolute Gasteiger partial charge is 0.122 e. The van der Waals surface area contributed by atoms with Gasteiger partial charge in [-0.15, -0.1) is 0 Å². The van der Waals surface area contributed by atoms with Gasteiger partial charge in [-0.2, -0.15) is 11.8 Å². The Morgan fingerprint density at radius 1 is 1.39 bits per heavy atom. The van der Waals surface area contributed by atoms with Gasteiger partial charge in [-0.05, 0) is 51.2 Å². The molecule has 4 atom stereocenters. The molecule has 1 N–H and O–H groups in total. The molecule has 3 nitrogen and oxygen atoms in total. The van der Waals surface area contributed by atoms with Gasteiger partial charge in [0.05, 0.1) is 5.60 Å². The normalized spacial score (nSPS) is 44.0. The molecule has 1 heterocycles. The average molecular weight is 274 g/mol. The van der Waals surface area contributed by atoms with Crippen molar-refractivity contribution >= 4 is 11.8 Å². The van der Waals surface area contributed by atoms with Crippen LogP contribution in [-0.2, 0) is 9.78 Å². The standard InChI is InChI=1S/C14H26O3S/c1-4-5-8-18-10-14(3)11-6-7-13(2,15)12(9-11)16-17-14/h11-12,15H,4-10H2,1-3H3/t11-,12-,13-,14+/m1/s1. The number of thioether (sulfide) groups is 1. The summed E-state index contributed by atoms with van der Waals surface area (Å²) < 4.78 is 0. The van der Waals surface area contributed by atoms with E-state index in [9.17, 15) is 5.11 Å². The minimum Gasteiger partial charge on any atom is -0.387 e. The zero-order chi connectivity index (χ0) is 13.2. The van der Waals surface area contributed by atoms with Crippen molar-refractivity contribution in [3.05, 3.63) is 0 Å². The molecule has 0 unspecified atom stereocenters. The fourth-order valence-corrected chi connectivity index (χ4v) is 4.18. The number of fused-ring (bicyclic) bond motifs is 2. The summed E-state index contributed by atoms with van der Waals surface area (Å²) in [7, 11) is 0. The second kappa shape index (κ2) is 5.70. The van der Waals surface area contributed by atoms with Crippen LogP contribution in [0.2, 0.25) is 0 Å². The average Bonchev–Trinajstić information content (AvgIpc) is 2.33. The van der Waals surface area contributed by atoms with E-state index in [1.165, 1.54) is 18.6 Å². The molecule has 18 heavy (non-hydrogen) atoms. The van der Waals surface area contributed by atoms with Gasteiger partial charge in [0.15, 0.2) is 0 Å². The van der Waals surface area contributed by atoms with E-state index in [0.29, 0.717) is 5.92 Å². The molecule has 1 saturated heterocycles. The maximum atomic E-state index is 10.2. The van der Waals surface area contributed by atoms with E-state index in [2.05, 4.69) is 13.8 Å². The molecule has 2 bridgehead atoms. The third-order valence-electron chi connectivity index (χ3n) is 4.44. The van der Waals surface area contributed by atoms with Crippen LogP contribution in [0.1, 0.15) is 52.9 Å². The lowest BCUT2D eigenvalue weighted by molar-refractivity contribution is -0.441. The molecule has 0 aromatic rings. The number of aliphatic hydroxyl groups is 1. The van der Waals surface area contributed by atoms with E-state index >= 15 is 0 Å². The lowest BCUT2D eigenvalue weighted by Gasteiger charge is -2.50. The maximum absolute atomic E-state index is 10.2. The van der Waals surface area contributed by atoms with Crippen molar-refractivity contribution in [3.63, 3.8) is 0 Å². The summed E-state index contributed by atoms with van der Waals surface area (Å²) in [6, 6.07) is 0. The third-order valence-corrected chi connectivity index (χ3v) is 5.79. The van der Waals surface area contributed by atoms with Crippen LogP contribution in [0.4, 0.5) is 0 Å². The molecule has 0 amide bonds. The van der Waals surface area contributed by atoms with Gasteiger partial charge in [-0.1, -0.05) is 13.3 Å². The molecule has 2 rings (SSSR count). The van der Waals surface area contributed by atoms with Crippen LogP contribution in [-0.4, -0.2) is 33.9 Å². The van der Waals surface area contributed by atoms with E-state index in [1.54, 1.807) is 0 Å². The molecule has 0 aromatic carbocycles. The molecule has 1 saturated carbocycles. The van der Waals surface area contributed by atoms with E-state index in [1.807, 2.05) is 18.7 Å². The van der Waals surface area contributed by atoms with Gasteiger partial charge in [-0.3, -0.25) is 0 Å². The SMILES string of the molecule is CCCCSC[C@]1(C)OO[C@@H]2C[C@H]1CC[C@@]2(C)O. The van der Waals surface area contributed by atoms with Crippen LogP contribution in [0, 0.1) is 5.92 Å².